The Labute approximate surface area is 108 Å². The van der Waals surface area contributed by atoms with Crippen molar-refractivity contribution in [1.82, 2.24) is 15.0 Å². The lowest BCUT2D eigenvalue weighted by atomic mass is 10.2. The van der Waals surface area contributed by atoms with E-state index < -0.39 is 11.6 Å². The first-order valence-electron chi connectivity index (χ1n) is 5.66. The van der Waals surface area contributed by atoms with E-state index in [0.717, 1.165) is 6.07 Å². The van der Waals surface area contributed by atoms with E-state index in [0.29, 0.717) is 6.61 Å². The number of hydrogen-bond donors (Lipinski definition) is 1. The summed E-state index contributed by atoms with van der Waals surface area (Å²) in [6.07, 6.45) is 0. The van der Waals surface area contributed by atoms with Gasteiger partial charge in [0.2, 0.25) is 5.95 Å². The first-order valence-corrected chi connectivity index (χ1v) is 5.66. The molecule has 19 heavy (non-hydrogen) atoms. The number of anilines is 1. The Morgan fingerprint density at radius 1 is 1.21 bits per heavy atom. The molecule has 0 atom stereocenters. The van der Waals surface area contributed by atoms with Crippen molar-refractivity contribution in [3.63, 3.8) is 0 Å². The van der Waals surface area contributed by atoms with E-state index in [1.807, 2.05) is 0 Å². The van der Waals surface area contributed by atoms with Gasteiger partial charge < -0.3 is 10.1 Å². The van der Waals surface area contributed by atoms with Gasteiger partial charge >= 0.3 is 6.01 Å². The molecule has 0 amide bonds. The first-order chi connectivity index (χ1) is 9.15. The molecule has 0 radical (unpaired) electrons. The van der Waals surface area contributed by atoms with E-state index in [9.17, 15) is 8.78 Å². The van der Waals surface area contributed by atoms with E-state index in [1.54, 1.807) is 14.0 Å². The van der Waals surface area contributed by atoms with Gasteiger partial charge in [0.1, 0.15) is 0 Å². The average Bonchev–Trinajstić information content (AvgIpc) is 2.42. The van der Waals surface area contributed by atoms with Crippen molar-refractivity contribution >= 4 is 5.95 Å². The molecular weight excluding hydrogens is 254 g/mol. The molecule has 0 aliphatic carbocycles. The number of benzene rings is 1. The van der Waals surface area contributed by atoms with Crippen molar-refractivity contribution in [2.24, 2.45) is 0 Å². The maximum absolute atomic E-state index is 13.7. The maximum Gasteiger partial charge on any atom is 0.321 e. The molecule has 1 heterocycles. The van der Waals surface area contributed by atoms with Crippen molar-refractivity contribution < 1.29 is 13.5 Å². The molecule has 1 aromatic carbocycles. The fourth-order valence-corrected chi connectivity index (χ4v) is 1.46. The van der Waals surface area contributed by atoms with Gasteiger partial charge in [0.25, 0.3) is 0 Å². The number of rotatable bonds is 4. The van der Waals surface area contributed by atoms with Gasteiger partial charge in [0.05, 0.1) is 12.2 Å². The number of halogens is 2. The average molecular weight is 266 g/mol. The summed E-state index contributed by atoms with van der Waals surface area (Å²) in [6, 6.07) is 3.86. The van der Waals surface area contributed by atoms with Gasteiger partial charge in [0.15, 0.2) is 17.5 Å². The summed E-state index contributed by atoms with van der Waals surface area (Å²) < 4.78 is 32.1. The number of nitrogens with zero attached hydrogens (tertiary/aromatic N) is 3. The highest BCUT2D eigenvalue weighted by Crippen LogP contribution is 2.23. The number of nitrogens with one attached hydrogen (secondary N) is 1. The molecule has 0 unspecified atom stereocenters. The molecule has 1 aromatic heterocycles. The molecule has 0 fully saturated rings. The highest BCUT2D eigenvalue weighted by Gasteiger charge is 2.15. The van der Waals surface area contributed by atoms with Crippen LogP contribution in [-0.4, -0.2) is 28.6 Å². The largest absolute Gasteiger partial charge is 0.464 e. The highest BCUT2D eigenvalue weighted by molar-refractivity contribution is 5.57. The maximum atomic E-state index is 13.7. The topological polar surface area (TPSA) is 59.9 Å². The van der Waals surface area contributed by atoms with Crippen molar-refractivity contribution in [3.05, 3.63) is 29.8 Å². The van der Waals surface area contributed by atoms with Crippen LogP contribution in [0.5, 0.6) is 6.01 Å². The molecule has 0 spiro atoms. The Balaban J connectivity index is 2.54. The summed E-state index contributed by atoms with van der Waals surface area (Å²) in [5.74, 6) is -1.73. The van der Waals surface area contributed by atoms with Gasteiger partial charge in [-0.05, 0) is 19.1 Å². The van der Waals surface area contributed by atoms with Gasteiger partial charge in [-0.2, -0.15) is 15.0 Å². The Kier molecular flexibility index (Phi) is 3.84. The predicted octanol–water partition coefficient (Wildman–Crippen LogP) is 2.26. The van der Waals surface area contributed by atoms with E-state index in [4.69, 9.17) is 4.74 Å². The zero-order chi connectivity index (χ0) is 13.8. The molecule has 5 nitrogen and oxygen atoms in total. The van der Waals surface area contributed by atoms with Crippen LogP contribution in [0.3, 0.4) is 0 Å². The van der Waals surface area contributed by atoms with Crippen molar-refractivity contribution in [1.29, 1.82) is 0 Å². The van der Waals surface area contributed by atoms with Gasteiger partial charge in [-0.15, -0.1) is 0 Å². The van der Waals surface area contributed by atoms with Crippen molar-refractivity contribution in [2.45, 2.75) is 6.92 Å². The van der Waals surface area contributed by atoms with Crippen LogP contribution in [0.2, 0.25) is 0 Å². The number of aromatic nitrogens is 3. The summed E-state index contributed by atoms with van der Waals surface area (Å²) in [5, 5.41) is 2.71. The van der Waals surface area contributed by atoms with E-state index in [-0.39, 0.29) is 23.3 Å². The van der Waals surface area contributed by atoms with Crippen molar-refractivity contribution in [3.8, 4) is 17.4 Å². The molecule has 7 heteroatoms. The monoisotopic (exact) mass is 266 g/mol. The standard InChI is InChI=1S/C12H12F2N4O/c1-3-19-12-17-10(16-11(15-2)18-12)7-5-4-6-8(13)9(7)14/h4-6H,3H2,1-2H3,(H,15,16,17,18). The molecule has 0 saturated carbocycles. The molecular formula is C12H12F2N4O. The lowest BCUT2D eigenvalue weighted by Gasteiger charge is -2.07. The highest BCUT2D eigenvalue weighted by atomic mass is 19.2. The van der Waals surface area contributed by atoms with Gasteiger partial charge in [0, 0.05) is 7.05 Å². The van der Waals surface area contributed by atoms with E-state index in [2.05, 4.69) is 20.3 Å². The van der Waals surface area contributed by atoms with Crippen LogP contribution in [0.25, 0.3) is 11.4 Å². The van der Waals surface area contributed by atoms with Gasteiger partial charge in [-0.3, -0.25) is 0 Å². The SMILES string of the molecule is CCOc1nc(NC)nc(-c2cccc(F)c2F)n1. The Hall–Kier alpha value is -2.31. The third-order valence-corrected chi connectivity index (χ3v) is 2.30. The second-order valence-electron chi connectivity index (χ2n) is 3.55. The van der Waals surface area contributed by atoms with Crippen LogP contribution in [-0.2, 0) is 0 Å². The fraction of sp³-hybridized carbons (Fsp3) is 0.250. The minimum atomic E-state index is -1.00. The molecule has 0 saturated heterocycles. The molecule has 0 bridgehead atoms. The molecule has 0 aliphatic rings. The van der Waals surface area contributed by atoms with E-state index in [1.165, 1.54) is 12.1 Å². The normalized spacial score (nSPS) is 10.3. The summed E-state index contributed by atoms with van der Waals surface area (Å²) in [7, 11) is 1.61. The summed E-state index contributed by atoms with van der Waals surface area (Å²) in [6.45, 7) is 2.13. The number of hydrogen-bond acceptors (Lipinski definition) is 5. The zero-order valence-corrected chi connectivity index (χ0v) is 10.4. The molecule has 2 aromatic rings. The van der Waals surface area contributed by atoms with Crippen molar-refractivity contribution in [2.75, 3.05) is 19.0 Å². The molecule has 0 aliphatic heterocycles. The minimum absolute atomic E-state index is 0.0137. The molecule has 100 valence electrons. The minimum Gasteiger partial charge on any atom is -0.464 e. The van der Waals surface area contributed by atoms with Crippen LogP contribution in [0.1, 0.15) is 6.92 Å². The van der Waals surface area contributed by atoms with Gasteiger partial charge in [-0.25, -0.2) is 8.78 Å². The summed E-state index contributed by atoms with van der Waals surface area (Å²) in [5.41, 5.74) is -0.0418. The van der Waals surface area contributed by atoms with Crippen LogP contribution in [0, 0.1) is 11.6 Å². The fourth-order valence-electron chi connectivity index (χ4n) is 1.46. The van der Waals surface area contributed by atoms with E-state index >= 15 is 0 Å². The smallest absolute Gasteiger partial charge is 0.321 e. The lowest BCUT2D eigenvalue weighted by Crippen LogP contribution is -2.06. The van der Waals surface area contributed by atoms with Crippen LogP contribution >= 0.6 is 0 Å². The van der Waals surface area contributed by atoms with Crippen LogP contribution < -0.4 is 10.1 Å². The predicted molar refractivity (Wildman–Crippen MR) is 65.9 cm³/mol. The first kappa shape index (κ1) is 13.1. The second kappa shape index (κ2) is 5.55. The Bertz CT molecular complexity index is 592. The summed E-state index contributed by atoms with van der Waals surface area (Å²) in [4.78, 5) is 11.9. The Morgan fingerprint density at radius 2 is 2.00 bits per heavy atom. The molecule has 1 N–H and O–H groups in total. The van der Waals surface area contributed by atoms with Crippen LogP contribution in [0.4, 0.5) is 14.7 Å². The quantitative estimate of drug-likeness (QED) is 0.919. The van der Waals surface area contributed by atoms with Gasteiger partial charge in [-0.1, -0.05) is 6.07 Å². The molecule has 2 rings (SSSR count). The number of ether oxygens (including phenoxy) is 1. The summed E-state index contributed by atoms with van der Waals surface area (Å²) >= 11 is 0. The third kappa shape index (κ3) is 2.75. The third-order valence-electron chi connectivity index (χ3n) is 2.30. The Morgan fingerprint density at radius 3 is 2.68 bits per heavy atom. The zero-order valence-electron chi connectivity index (χ0n) is 10.4. The lowest BCUT2D eigenvalue weighted by molar-refractivity contribution is 0.312. The second-order valence-corrected chi connectivity index (χ2v) is 3.55. The van der Waals surface area contributed by atoms with Crippen LogP contribution in [0.15, 0.2) is 18.2 Å².